The van der Waals surface area contributed by atoms with Crippen LogP contribution in [0.1, 0.15) is 6.23 Å². The summed E-state index contributed by atoms with van der Waals surface area (Å²) in [6.45, 7) is -0.322. The summed E-state index contributed by atoms with van der Waals surface area (Å²) < 4.78 is 33.3. The van der Waals surface area contributed by atoms with Gasteiger partial charge in [-0.1, -0.05) is 0 Å². The zero-order valence-electron chi connectivity index (χ0n) is 13.4. The molecule has 0 unspecified atom stereocenters. The number of anilines is 1. The Morgan fingerprint density at radius 3 is 2.68 bits per heavy atom. The highest BCUT2D eigenvalue weighted by atomic mass is 31.2. The van der Waals surface area contributed by atoms with Crippen molar-refractivity contribution >= 4 is 24.8 Å². The van der Waals surface area contributed by atoms with E-state index in [1.807, 2.05) is 0 Å². The Kier molecular flexibility index (Phi) is 5.02. The lowest BCUT2D eigenvalue weighted by Crippen LogP contribution is -2.33. The molecule has 0 bridgehead atoms. The van der Waals surface area contributed by atoms with Crippen molar-refractivity contribution in [2.75, 3.05) is 26.6 Å². The lowest BCUT2D eigenvalue weighted by molar-refractivity contribution is -0.0514. The standard InChI is InChI=1S/C12H18N5O7P/c1-21-25(20,22-2)23-3-6-8(18)9(19)12(24-6)17-5-16-7-10(13)14-4-15-11(7)17/h4-6,8-9,12,18-19H,3H2,1-2H3,(H2,13,14,15)/t6-,8+,9+,12-/m1/s1. The van der Waals surface area contributed by atoms with Crippen molar-refractivity contribution in [1.29, 1.82) is 0 Å². The van der Waals surface area contributed by atoms with E-state index >= 15 is 0 Å². The van der Waals surface area contributed by atoms with Gasteiger partial charge in [0.1, 0.15) is 30.2 Å². The molecule has 1 aliphatic heterocycles. The summed E-state index contributed by atoms with van der Waals surface area (Å²) in [5.41, 5.74) is 6.41. The van der Waals surface area contributed by atoms with E-state index in [1.54, 1.807) is 0 Å². The van der Waals surface area contributed by atoms with Crippen molar-refractivity contribution in [1.82, 2.24) is 19.5 Å². The van der Waals surface area contributed by atoms with E-state index < -0.39 is 32.4 Å². The van der Waals surface area contributed by atoms with Crippen LogP contribution in [0.25, 0.3) is 11.2 Å². The first-order valence-electron chi connectivity index (χ1n) is 7.21. The topological polar surface area (TPSA) is 164 Å². The van der Waals surface area contributed by atoms with Crippen LogP contribution in [0.2, 0.25) is 0 Å². The Labute approximate surface area is 142 Å². The number of imidazole rings is 1. The number of rotatable bonds is 6. The molecule has 138 valence electrons. The molecule has 2 aromatic rings. The zero-order valence-corrected chi connectivity index (χ0v) is 14.3. The summed E-state index contributed by atoms with van der Waals surface area (Å²) >= 11 is 0. The fourth-order valence-electron chi connectivity index (χ4n) is 2.50. The molecule has 3 rings (SSSR count). The van der Waals surface area contributed by atoms with Gasteiger partial charge in [-0.2, -0.15) is 0 Å². The number of ether oxygens (including phenoxy) is 1. The number of nitrogens with zero attached hydrogens (tertiary/aromatic N) is 4. The van der Waals surface area contributed by atoms with Crippen LogP contribution in [0.4, 0.5) is 5.82 Å². The van der Waals surface area contributed by atoms with Gasteiger partial charge in [0.25, 0.3) is 0 Å². The molecule has 0 saturated carbocycles. The van der Waals surface area contributed by atoms with E-state index in [4.69, 9.17) is 15.0 Å². The molecule has 0 aliphatic carbocycles. The lowest BCUT2D eigenvalue weighted by atomic mass is 10.1. The first kappa shape index (κ1) is 18.1. The third-order valence-electron chi connectivity index (χ3n) is 3.84. The second-order valence-corrected chi connectivity index (χ2v) is 7.12. The van der Waals surface area contributed by atoms with Gasteiger partial charge in [0.05, 0.1) is 12.9 Å². The zero-order chi connectivity index (χ0) is 18.2. The van der Waals surface area contributed by atoms with Crippen molar-refractivity contribution in [3.63, 3.8) is 0 Å². The minimum Gasteiger partial charge on any atom is -0.387 e. The van der Waals surface area contributed by atoms with Crippen molar-refractivity contribution in [3.05, 3.63) is 12.7 Å². The van der Waals surface area contributed by atoms with Gasteiger partial charge in [0.2, 0.25) is 0 Å². The average molecular weight is 375 g/mol. The Morgan fingerprint density at radius 2 is 2.00 bits per heavy atom. The minimum atomic E-state index is -3.73. The van der Waals surface area contributed by atoms with E-state index in [0.29, 0.717) is 11.2 Å². The molecule has 0 spiro atoms. The number of fused-ring (bicyclic) bond motifs is 1. The number of nitrogens with two attached hydrogens (primary N) is 1. The maximum Gasteiger partial charge on any atom is 0.474 e. The van der Waals surface area contributed by atoms with E-state index in [2.05, 4.69) is 24.0 Å². The highest BCUT2D eigenvalue weighted by Crippen LogP contribution is 2.48. The third-order valence-corrected chi connectivity index (χ3v) is 5.20. The van der Waals surface area contributed by atoms with Crippen LogP contribution >= 0.6 is 7.82 Å². The number of hydrogen-bond donors (Lipinski definition) is 3. The fourth-order valence-corrected chi connectivity index (χ4v) is 3.19. The van der Waals surface area contributed by atoms with E-state index in [9.17, 15) is 14.8 Å². The number of aromatic nitrogens is 4. The lowest BCUT2D eigenvalue weighted by Gasteiger charge is -2.18. The van der Waals surface area contributed by atoms with Crippen LogP contribution in [-0.2, 0) is 22.9 Å². The molecular weight excluding hydrogens is 357 g/mol. The molecule has 0 radical (unpaired) electrons. The SMILES string of the molecule is COP(=O)(OC)OC[C@H]1O[C@@H](n2cnc3c(N)ncnc32)[C@@H](O)[C@H]1O. The number of phosphoric ester groups is 1. The maximum atomic E-state index is 11.9. The summed E-state index contributed by atoms with van der Waals surface area (Å²) in [6.07, 6.45) is -1.95. The molecule has 4 atom stereocenters. The van der Waals surface area contributed by atoms with Crippen LogP contribution in [0.5, 0.6) is 0 Å². The molecule has 1 fully saturated rings. The summed E-state index contributed by atoms with van der Waals surface area (Å²) in [7, 11) is -1.41. The Hall–Kier alpha value is -1.66. The predicted molar refractivity (Wildman–Crippen MR) is 83.2 cm³/mol. The maximum absolute atomic E-state index is 11.9. The molecule has 0 amide bonds. The second-order valence-electron chi connectivity index (χ2n) is 5.24. The van der Waals surface area contributed by atoms with Crippen LogP contribution in [0, 0.1) is 0 Å². The normalized spacial score (nSPS) is 27.2. The third kappa shape index (κ3) is 3.25. The second kappa shape index (κ2) is 6.92. The number of aliphatic hydroxyl groups excluding tert-OH is 2. The molecule has 12 nitrogen and oxygen atoms in total. The van der Waals surface area contributed by atoms with Gasteiger partial charge >= 0.3 is 7.82 Å². The minimum absolute atomic E-state index is 0.179. The van der Waals surface area contributed by atoms with Crippen molar-refractivity contribution in [3.8, 4) is 0 Å². The molecule has 3 heterocycles. The van der Waals surface area contributed by atoms with Gasteiger partial charge in [-0.05, 0) is 0 Å². The van der Waals surface area contributed by atoms with Crippen LogP contribution in [-0.4, -0.2) is 68.9 Å². The van der Waals surface area contributed by atoms with E-state index in [-0.39, 0.29) is 12.4 Å². The largest absolute Gasteiger partial charge is 0.474 e. The van der Waals surface area contributed by atoms with Gasteiger partial charge in [0, 0.05) is 14.2 Å². The average Bonchev–Trinajstić information content (AvgIpc) is 3.16. The summed E-state index contributed by atoms with van der Waals surface area (Å²) in [6, 6.07) is 0. The Balaban J connectivity index is 1.80. The van der Waals surface area contributed by atoms with E-state index in [1.165, 1.54) is 17.2 Å². The van der Waals surface area contributed by atoms with E-state index in [0.717, 1.165) is 14.2 Å². The first-order valence-corrected chi connectivity index (χ1v) is 8.67. The van der Waals surface area contributed by atoms with Crippen molar-refractivity contribution in [2.45, 2.75) is 24.5 Å². The van der Waals surface area contributed by atoms with Crippen molar-refractivity contribution < 1.29 is 33.1 Å². The van der Waals surface area contributed by atoms with Crippen LogP contribution < -0.4 is 5.73 Å². The number of hydrogen-bond acceptors (Lipinski definition) is 11. The van der Waals surface area contributed by atoms with Crippen molar-refractivity contribution in [2.24, 2.45) is 0 Å². The highest BCUT2D eigenvalue weighted by molar-refractivity contribution is 7.48. The molecule has 25 heavy (non-hydrogen) atoms. The summed E-state index contributed by atoms with van der Waals surface area (Å²) in [5.74, 6) is 0.179. The number of aliphatic hydroxyl groups is 2. The Morgan fingerprint density at radius 1 is 1.28 bits per heavy atom. The number of nitrogen functional groups attached to an aromatic ring is 1. The monoisotopic (exact) mass is 375 g/mol. The number of phosphoric acid groups is 1. The molecule has 13 heteroatoms. The van der Waals surface area contributed by atoms with Gasteiger partial charge in [-0.15, -0.1) is 0 Å². The van der Waals surface area contributed by atoms with Gasteiger partial charge < -0.3 is 20.7 Å². The quantitative estimate of drug-likeness (QED) is 0.555. The summed E-state index contributed by atoms with van der Waals surface area (Å²) in [5, 5.41) is 20.5. The molecule has 1 aliphatic rings. The van der Waals surface area contributed by atoms with Crippen LogP contribution in [0.3, 0.4) is 0 Å². The fraction of sp³-hybridized carbons (Fsp3) is 0.583. The predicted octanol–water partition coefficient (Wildman–Crippen LogP) is -0.555. The van der Waals surface area contributed by atoms with Gasteiger partial charge in [0.15, 0.2) is 17.7 Å². The van der Waals surface area contributed by atoms with Gasteiger partial charge in [-0.25, -0.2) is 19.5 Å². The molecule has 4 N–H and O–H groups in total. The Bertz CT molecular complexity index is 793. The molecule has 1 saturated heterocycles. The molecule has 0 aromatic carbocycles. The van der Waals surface area contributed by atoms with Gasteiger partial charge in [-0.3, -0.25) is 18.1 Å². The van der Waals surface area contributed by atoms with Crippen LogP contribution in [0.15, 0.2) is 12.7 Å². The molecular formula is C12H18N5O7P. The summed E-state index contributed by atoms with van der Waals surface area (Å²) in [4.78, 5) is 12.0. The highest BCUT2D eigenvalue weighted by Gasteiger charge is 2.45. The first-order chi connectivity index (χ1) is 11.9. The molecule has 2 aromatic heterocycles. The smallest absolute Gasteiger partial charge is 0.387 e.